The van der Waals surface area contributed by atoms with Gasteiger partial charge < -0.3 is 14.6 Å². The summed E-state index contributed by atoms with van der Waals surface area (Å²) in [6.07, 6.45) is 2.44. The molecule has 3 rings (SSSR count). The van der Waals surface area contributed by atoms with E-state index in [0.717, 1.165) is 28.5 Å². The van der Waals surface area contributed by atoms with Crippen molar-refractivity contribution in [2.24, 2.45) is 0 Å². The molecule has 0 saturated heterocycles. The predicted molar refractivity (Wildman–Crippen MR) is 99.0 cm³/mol. The van der Waals surface area contributed by atoms with Gasteiger partial charge in [0.25, 0.3) is 0 Å². The summed E-state index contributed by atoms with van der Waals surface area (Å²) in [7, 11) is 1.64. The fraction of sp³-hybridized carbons (Fsp3) is 0.350. The summed E-state index contributed by atoms with van der Waals surface area (Å²) in [6.45, 7) is 2.41. The van der Waals surface area contributed by atoms with Gasteiger partial charge in [0.05, 0.1) is 7.11 Å². The van der Waals surface area contributed by atoms with Gasteiger partial charge in [-0.3, -0.25) is 4.79 Å². The van der Waals surface area contributed by atoms with Gasteiger partial charge in [-0.1, -0.05) is 42.4 Å². The standard InChI is InChI=1S/C20H23N3O3/c1-3-18-22-20(26-23-18)10-6-9-19(24)21-13-16-15-8-5-4-7-14(15)11-12-17(16)25-2/h4-5,7-8,11-12H,3,6,9-10,13H2,1-2H3,(H,21,24). The first-order valence-corrected chi connectivity index (χ1v) is 8.84. The van der Waals surface area contributed by atoms with E-state index < -0.39 is 0 Å². The molecule has 6 heteroatoms. The number of aryl methyl sites for hydroxylation is 2. The van der Waals surface area contributed by atoms with Crippen molar-refractivity contribution in [2.75, 3.05) is 7.11 Å². The van der Waals surface area contributed by atoms with E-state index in [4.69, 9.17) is 9.26 Å². The van der Waals surface area contributed by atoms with Crippen molar-refractivity contribution in [1.82, 2.24) is 15.5 Å². The number of carbonyl (C=O) groups is 1. The van der Waals surface area contributed by atoms with Gasteiger partial charge in [-0.15, -0.1) is 0 Å². The van der Waals surface area contributed by atoms with Crippen LogP contribution in [0.2, 0.25) is 0 Å². The molecule has 0 fully saturated rings. The summed E-state index contributed by atoms with van der Waals surface area (Å²) >= 11 is 0. The van der Waals surface area contributed by atoms with Gasteiger partial charge in [0, 0.05) is 31.4 Å². The first-order chi connectivity index (χ1) is 12.7. The molecule has 0 aliphatic heterocycles. The molecule has 0 atom stereocenters. The fourth-order valence-electron chi connectivity index (χ4n) is 2.90. The Labute approximate surface area is 152 Å². The zero-order valence-electron chi connectivity index (χ0n) is 15.1. The van der Waals surface area contributed by atoms with Crippen LogP contribution in [-0.4, -0.2) is 23.2 Å². The van der Waals surface area contributed by atoms with Gasteiger partial charge in [0.15, 0.2) is 5.82 Å². The zero-order chi connectivity index (χ0) is 18.4. The highest BCUT2D eigenvalue weighted by atomic mass is 16.5. The first-order valence-electron chi connectivity index (χ1n) is 8.84. The van der Waals surface area contributed by atoms with Crippen LogP contribution in [0.25, 0.3) is 10.8 Å². The number of rotatable bonds is 8. The molecule has 1 N–H and O–H groups in total. The number of nitrogens with one attached hydrogen (secondary N) is 1. The molecule has 0 aliphatic carbocycles. The van der Waals surface area contributed by atoms with Gasteiger partial charge in [0.1, 0.15) is 5.75 Å². The summed E-state index contributed by atoms with van der Waals surface area (Å²) < 4.78 is 10.6. The number of benzene rings is 2. The Morgan fingerprint density at radius 3 is 2.85 bits per heavy atom. The minimum Gasteiger partial charge on any atom is -0.496 e. The lowest BCUT2D eigenvalue weighted by Gasteiger charge is -2.13. The topological polar surface area (TPSA) is 77.2 Å². The largest absolute Gasteiger partial charge is 0.496 e. The van der Waals surface area contributed by atoms with Gasteiger partial charge in [-0.05, 0) is 23.3 Å². The van der Waals surface area contributed by atoms with E-state index in [-0.39, 0.29) is 5.91 Å². The van der Waals surface area contributed by atoms with Crippen molar-refractivity contribution < 1.29 is 14.1 Å². The number of methoxy groups -OCH3 is 1. The summed E-state index contributed by atoms with van der Waals surface area (Å²) in [5.41, 5.74) is 0.989. The lowest BCUT2D eigenvalue weighted by atomic mass is 10.0. The minimum absolute atomic E-state index is 0.00443. The second-order valence-corrected chi connectivity index (χ2v) is 6.06. The molecule has 1 heterocycles. The zero-order valence-corrected chi connectivity index (χ0v) is 15.1. The molecule has 1 aromatic heterocycles. The molecule has 136 valence electrons. The number of aromatic nitrogens is 2. The molecule has 0 radical (unpaired) electrons. The third kappa shape index (κ3) is 4.20. The number of nitrogens with zero attached hydrogens (tertiary/aromatic N) is 2. The number of hydrogen-bond donors (Lipinski definition) is 1. The molecule has 6 nitrogen and oxygen atoms in total. The van der Waals surface area contributed by atoms with Crippen LogP contribution in [0.1, 0.15) is 37.0 Å². The van der Waals surface area contributed by atoms with Crippen molar-refractivity contribution in [1.29, 1.82) is 0 Å². The Morgan fingerprint density at radius 1 is 1.23 bits per heavy atom. The van der Waals surface area contributed by atoms with Crippen LogP contribution in [0.15, 0.2) is 40.9 Å². The van der Waals surface area contributed by atoms with Crippen molar-refractivity contribution in [3.8, 4) is 5.75 Å². The second kappa shape index (κ2) is 8.47. The van der Waals surface area contributed by atoms with Crippen molar-refractivity contribution in [3.63, 3.8) is 0 Å². The van der Waals surface area contributed by atoms with Crippen LogP contribution in [-0.2, 0) is 24.2 Å². The monoisotopic (exact) mass is 353 g/mol. The number of fused-ring (bicyclic) bond motifs is 1. The highest BCUT2D eigenvalue weighted by Crippen LogP contribution is 2.27. The third-order valence-electron chi connectivity index (χ3n) is 4.30. The summed E-state index contributed by atoms with van der Waals surface area (Å²) in [5.74, 6) is 2.06. The van der Waals surface area contributed by atoms with Gasteiger partial charge in [0.2, 0.25) is 11.8 Å². The average Bonchev–Trinajstić information content (AvgIpc) is 3.14. The lowest BCUT2D eigenvalue weighted by Crippen LogP contribution is -2.23. The van der Waals surface area contributed by atoms with E-state index in [1.807, 2.05) is 37.3 Å². The Bertz CT molecular complexity index is 889. The van der Waals surface area contributed by atoms with E-state index in [2.05, 4.69) is 21.5 Å². The summed E-state index contributed by atoms with van der Waals surface area (Å²) in [6, 6.07) is 12.0. The molecular weight excluding hydrogens is 330 g/mol. The molecule has 26 heavy (non-hydrogen) atoms. The quantitative estimate of drug-likeness (QED) is 0.671. The SMILES string of the molecule is CCc1noc(CCCC(=O)NCc2c(OC)ccc3ccccc23)n1. The van der Waals surface area contributed by atoms with Crippen LogP contribution < -0.4 is 10.1 Å². The third-order valence-corrected chi connectivity index (χ3v) is 4.30. The highest BCUT2D eigenvalue weighted by molar-refractivity contribution is 5.88. The molecule has 2 aromatic carbocycles. The Balaban J connectivity index is 1.56. The average molecular weight is 353 g/mol. The Morgan fingerprint density at radius 2 is 2.08 bits per heavy atom. The smallest absolute Gasteiger partial charge is 0.226 e. The maximum Gasteiger partial charge on any atom is 0.226 e. The van der Waals surface area contributed by atoms with Crippen molar-refractivity contribution in [3.05, 3.63) is 53.7 Å². The van der Waals surface area contributed by atoms with Crippen LogP contribution >= 0.6 is 0 Å². The maximum absolute atomic E-state index is 12.2. The molecule has 0 bridgehead atoms. The van der Waals surface area contributed by atoms with Gasteiger partial charge in [-0.25, -0.2) is 0 Å². The normalized spacial score (nSPS) is 10.8. The van der Waals surface area contributed by atoms with E-state index >= 15 is 0 Å². The maximum atomic E-state index is 12.2. The van der Waals surface area contributed by atoms with Crippen LogP contribution in [0, 0.1) is 0 Å². The van der Waals surface area contributed by atoms with E-state index in [1.54, 1.807) is 7.11 Å². The number of ether oxygens (including phenoxy) is 1. The molecule has 0 saturated carbocycles. The van der Waals surface area contributed by atoms with Gasteiger partial charge >= 0.3 is 0 Å². The first kappa shape index (κ1) is 17.9. The predicted octanol–water partition coefficient (Wildman–Crippen LogP) is 3.43. The highest BCUT2D eigenvalue weighted by Gasteiger charge is 2.11. The Hall–Kier alpha value is -2.89. The molecule has 0 spiro atoms. The van der Waals surface area contributed by atoms with Crippen LogP contribution in [0.4, 0.5) is 0 Å². The fourth-order valence-corrected chi connectivity index (χ4v) is 2.90. The molecular formula is C20H23N3O3. The molecule has 0 unspecified atom stereocenters. The minimum atomic E-state index is -0.00443. The number of amides is 1. The van der Waals surface area contributed by atoms with Crippen molar-refractivity contribution >= 4 is 16.7 Å². The molecule has 3 aromatic rings. The second-order valence-electron chi connectivity index (χ2n) is 6.06. The molecule has 1 amide bonds. The van der Waals surface area contributed by atoms with Crippen LogP contribution in [0.5, 0.6) is 5.75 Å². The summed E-state index contributed by atoms with van der Waals surface area (Å²) in [4.78, 5) is 16.4. The summed E-state index contributed by atoms with van der Waals surface area (Å²) in [5, 5.41) is 9.05. The number of hydrogen-bond acceptors (Lipinski definition) is 5. The van der Waals surface area contributed by atoms with E-state index in [1.165, 1.54) is 0 Å². The van der Waals surface area contributed by atoms with E-state index in [9.17, 15) is 4.79 Å². The van der Waals surface area contributed by atoms with Gasteiger partial charge in [-0.2, -0.15) is 4.98 Å². The lowest BCUT2D eigenvalue weighted by molar-refractivity contribution is -0.121. The molecule has 0 aliphatic rings. The van der Waals surface area contributed by atoms with Crippen LogP contribution in [0.3, 0.4) is 0 Å². The number of carbonyl (C=O) groups excluding carboxylic acids is 1. The van der Waals surface area contributed by atoms with E-state index in [0.29, 0.717) is 37.5 Å². The Kier molecular flexibility index (Phi) is 5.84. The van der Waals surface area contributed by atoms with Crippen molar-refractivity contribution in [2.45, 2.75) is 39.2 Å².